The van der Waals surface area contributed by atoms with Gasteiger partial charge in [0, 0.05) is 12.2 Å². The maximum Gasteiger partial charge on any atom is 0.139 e. The van der Waals surface area contributed by atoms with Gasteiger partial charge in [0.1, 0.15) is 5.82 Å². The first-order chi connectivity index (χ1) is 8.65. The van der Waals surface area contributed by atoms with Gasteiger partial charge in [0.05, 0.1) is 4.47 Å². The van der Waals surface area contributed by atoms with Crippen molar-refractivity contribution < 1.29 is 4.39 Å². The molecule has 1 aromatic rings. The van der Waals surface area contributed by atoms with Crippen LogP contribution in [0.25, 0.3) is 0 Å². The number of halogens is 2. The Morgan fingerprint density at radius 1 is 1.11 bits per heavy atom. The smallest absolute Gasteiger partial charge is 0.139 e. The topological polar surface area (TPSA) is 12.0 Å². The van der Waals surface area contributed by atoms with Crippen molar-refractivity contribution in [2.75, 3.05) is 11.9 Å². The lowest BCUT2D eigenvalue weighted by molar-refractivity contribution is 0.614. The molecule has 0 atom stereocenters. The SMILES string of the molecule is CCCCCCCCNc1cc(F)c(Br)cc1C. The highest BCUT2D eigenvalue weighted by Crippen LogP contribution is 2.23. The van der Waals surface area contributed by atoms with Crippen molar-refractivity contribution in [1.82, 2.24) is 0 Å². The maximum atomic E-state index is 13.4. The van der Waals surface area contributed by atoms with Gasteiger partial charge in [-0.3, -0.25) is 0 Å². The Balaban J connectivity index is 2.25. The van der Waals surface area contributed by atoms with Crippen LogP contribution in [0.4, 0.5) is 10.1 Å². The first kappa shape index (κ1) is 15.5. The molecule has 0 fully saturated rings. The van der Waals surface area contributed by atoms with Gasteiger partial charge < -0.3 is 5.32 Å². The number of rotatable bonds is 8. The Labute approximate surface area is 118 Å². The van der Waals surface area contributed by atoms with E-state index in [9.17, 15) is 4.39 Å². The lowest BCUT2D eigenvalue weighted by Gasteiger charge is -2.10. The number of hydrogen-bond acceptors (Lipinski definition) is 1. The molecule has 0 radical (unpaired) electrons. The van der Waals surface area contributed by atoms with E-state index in [1.165, 1.54) is 32.1 Å². The van der Waals surface area contributed by atoms with Crippen LogP contribution in [-0.2, 0) is 0 Å². The monoisotopic (exact) mass is 315 g/mol. The lowest BCUT2D eigenvalue weighted by atomic mass is 10.1. The Hall–Kier alpha value is -0.570. The number of nitrogens with one attached hydrogen (secondary N) is 1. The second kappa shape index (κ2) is 8.52. The predicted molar refractivity (Wildman–Crippen MR) is 80.7 cm³/mol. The molecule has 0 aromatic heterocycles. The van der Waals surface area contributed by atoms with E-state index in [2.05, 4.69) is 28.2 Å². The molecule has 0 unspecified atom stereocenters. The van der Waals surface area contributed by atoms with Crippen LogP contribution in [-0.4, -0.2) is 6.54 Å². The zero-order chi connectivity index (χ0) is 13.4. The second-order valence-electron chi connectivity index (χ2n) is 4.78. The highest BCUT2D eigenvalue weighted by molar-refractivity contribution is 9.10. The number of aryl methyl sites for hydroxylation is 1. The van der Waals surface area contributed by atoms with Crippen LogP contribution in [0, 0.1) is 12.7 Å². The van der Waals surface area contributed by atoms with E-state index in [1.54, 1.807) is 6.07 Å². The van der Waals surface area contributed by atoms with Crippen LogP contribution in [0.5, 0.6) is 0 Å². The third-order valence-corrected chi connectivity index (χ3v) is 3.72. The quantitative estimate of drug-likeness (QED) is 0.609. The minimum Gasteiger partial charge on any atom is -0.385 e. The zero-order valence-electron chi connectivity index (χ0n) is 11.4. The summed E-state index contributed by atoms with van der Waals surface area (Å²) < 4.78 is 13.9. The Kier molecular flexibility index (Phi) is 7.33. The van der Waals surface area contributed by atoms with Gasteiger partial charge in [-0.2, -0.15) is 0 Å². The average molecular weight is 316 g/mol. The Morgan fingerprint density at radius 2 is 1.78 bits per heavy atom. The van der Waals surface area contributed by atoms with Crippen molar-refractivity contribution >= 4 is 21.6 Å². The fraction of sp³-hybridized carbons (Fsp3) is 0.600. The van der Waals surface area contributed by atoms with E-state index in [4.69, 9.17) is 0 Å². The number of hydrogen-bond donors (Lipinski definition) is 1. The summed E-state index contributed by atoms with van der Waals surface area (Å²) in [5, 5.41) is 3.31. The third kappa shape index (κ3) is 5.38. The van der Waals surface area contributed by atoms with Crippen LogP contribution in [0.1, 0.15) is 51.0 Å². The van der Waals surface area contributed by atoms with Crippen molar-refractivity contribution in [2.45, 2.75) is 52.4 Å². The minimum absolute atomic E-state index is 0.203. The average Bonchev–Trinajstić information content (AvgIpc) is 2.34. The van der Waals surface area contributed by atoms with Crippen molar-refractivity contribution in [2.24, 2.45) is 0 Å². The van der Waals surface area contributed by atoms with Crippen LogP contribution in [0.15, 0.2) is 16.6 Å². The molecule has 0 saturated heterocycles. The molecule has 0 spiro atoms. The lowest BCUT2D eigenvalue weighted by Crippen LogP contribution is -2.03. The Morgan fingerprint density at radius 3 is 2.50 bits per heavy atom. The van der Waals surface area contributed by atoms with Gasteiger partial charge in [-0.1, -0.05) is 39.0 Å². The molecule has 0 bridgehead atoms. The molecule has 1 rings (SSSR count). The molecule has 1 aromatic carbocycles. The maximum absolute atomic E-state index is 13.4. The standard InChI is InChI=1S/C15H23BrFN/c1-3-4-5-6-7-8-9-18-15-11-14(17)13(16)10-12(15)2/h10-11,18H,3-9H2,1-2H3. The van der Waals surface area contributed by atoms with E-state index in [-0.39, 0.29) is 5.82 Å². The van der Waals surface area contributed by atoms with E-state index in [1.807, 2.05) is 13.0 Å². The molecule has 0 aliphatic rings. The molecule has 0 aliphatic carbocycles. The highest BCUT2D eigenvalue weighted by Gasteiger charge is 2.04. The second-order valence-corrected chi connectivity index (χ2v) is 5.63. The van der Waals surface area contributed by atoms with Crippen molar-refractivity contribution in [3.05, 3.63) is 28.0 Å². The normalized spacial score (nSPS) is 10.7. The zero-order valence-corrected chi connectivity index (χ0v) is 12.9. The van der Waals surface area contributed by atoms with Gasteiger partial charge in [-0.25, -0.2) is 4.39 Å². The summed E-state index contributed by atoms with van der Waals surface area (Å²) in [5.74, 6) is -0.203. The molecule has 1 nitrogen and oxygen atoms in total. The summed E-state index contributed by atoms with van der Waals surface area (Å²) >= 11 is 3.19. The predicted octanol–water partition coefficient (Wildman–Crippen LogP) is 5.67. The summed E-state index contributed by atoms with van der Waals surface area (Å²) in [6.45, 7) is 5.15. The molecule has 18 heavy (non-hydrogen) atoms. The molecular weight excluding hydrogens is 293 g/mol. The summed E-state index contributed by atoms with van der Waals surface area (Å²) in [4.78, 5) is 0. The number of benzene rings is 1. The molecule has 0 aliphatic heterocycles. The largest absolute Gasteiger partial charge is 0.385 e. The number of anilines is 1. The summed E-state index contributed by atoms with van der Waals surface area (Å²) in [5.41, 5.74) is 1.98. The van der Waals surface area contributed by atoms with Gasteiger partial charge in [-0.15, -0.1) is 0 Å². The van der Waals surface area contributed by atoms with E-state index >= 15 is 0 Å². The van der Waals surface area contributed by atoms with E-state index in [0.29, 0.717) is 4.47 Å². The summed E-state index contributed by atoms with van der Waals surface area (Å²) in [7, 11) is 0. The van der Waals surface area contributed by atoms with Gasteiger partial charge in [0.2, 0.25) is 0 Å². The van der Waals surface area contributed by atoms with Crippen LogP contribution < -0.4 is 5.32 Å². The van der Waals surface area contributed by atoms with Gasteiger partial charge >= 0.3 is 0 Å². The summed E-state index contributed by atoms with van der Waals surface area (Å²) in [6, 6.07) is 3.38. The molecule has 0 saturated carbocycles. The van der Waals surface area contributed by atoms with Crippen LogP contribution >= 0.6 is 15.9 Å². The summed E-state index contributed by atoms with van der Waals surface area (Å²) in [6.07, 6.45) is 7.68. The van der Waals surface area contributed by atoms with Crippen LogP contribution in [0.3, 0.4) is 0 Å². The van der Waals surface area contributed by atoms with E-state index in [0.717, 1.165) is 24.2 Å². The van der Waals surface area contributed by atoms with Crippen molar-refractivity contribution in [3.63, 3.8) is 0 Å². The van der Waals surface area contributed by atoms with Crippen LogP contribution in [0.2, 0.25) is 0 Å². The first-order valence-corrected chi connectivity index (χ1v) is 7.64. The first-order valence-electron chi connectivity index (χ1n) is 6.84. The van der Waals surface area contributed by atoms with E-state index < -0.39 is 0 Å². The van der Waals surface area contributed by atoms with Crippen molar-refractivity contribution in [1.29, 1.82) is 0 Å². The minimum atomic E-state index is -0.203. The molecule has 1 N–H and O–H groups in total. The molecule has 102 valence electrons. The fourth-order valence-electron chi connectivity index (χ4n) is 1.97. The van der Waals surface area contributed by atoms with Crippen molar-refractivity contribution in [3.8, 4) is 0 Å². The van der Waals surface area contributed by atoms with Gasteiger partial charge in [-0.05, 0) is 47.0 Å². The Bertz CT molecular complexity index is 366. The number of unbranched alkanes of at least 4 members (excludes halogenated alkanes) is 5. The highest BCUT2D eigenvalue weighted by atomic mass is 79.9. The molecule has 3 heteroatoms. The molecule has 0 heterocycles. The van der Waals surface area contributed by atoms with Gasteiger partial charge in [0.15, 0.2) is 0 Å². The molecular formula is C15H23BrFN. The molecule has 0 amide bonds. The van der Waals surface area contributed by atoms with Gasteiger partial charge in [0.25, 0.3) is 0 Å². The fourth-order valence-corrected chi connectivity index (χ4v) is 2.42. The third-order valence-electron chi connectivity index (χ3n) is 3.11.